The SMILES string of the molecule is C.COc1ccc(NC(=O)C(CCC(C)=O)COC(=O)C(OC)c2ccccc2)c(S(=O)(=O)O)c1.F. The molecular formula is C24H32FNO9S. The molecule has 2 N–H and O–H groups in total. The van der Waals surface area contributed by atoms with E-state index in [2.05, 4.69) is 5.32 Å². The molecule has 0 aromatic heterocycles. The molecule has 0 radical (unpaired) electrons. The van der Waals surface area contributed by atoms with Gasteiger partial charge in [0.1, 0.15) is 23.0 Å². The van der Waals surface area contributed by atoms with Crippen molar-refractivity contribution in [2.24, 2.45) is 5.92 Å². The van der Waals surface area contributed by atoms with Crippen LogP contribution >= 0.6 is 0 Å². The number of nitrogens with one attached hydrogen (secondary N) is 1. The van der Waals surface area contributed by atoms with E-state index in [0.717, 1.165) is 6.07 Å². The van der Waals surface area contributed by atoms with Crippen LogP contribution in [0, 0.1) is 5.92 Å². The fraction of sp³-hybridized carbons (Fsp3) is 0.375. The molecule has 200 valence electrons. The van der Waals surface area contributed by atoms with Gasteiger partial charge in [-0.1, -0.05) is 37.8 Å². The summed E-state index contributed by atoms with van der Waals surface area (Å²) in [5, 5.41) is 2.42. The molecule has 0 saturated carbocycles. The van der Waals surface area contributed by atoms with Crippen LogP contribution < -0.4 is 10.1 Å². The van der Waals surface area contributed by atoms with Gasteiger partial charge in [-0.25, -0.2) is 4.79 Å². The molecule has 0 aliphatic heterocycles. The van der Waals surface area contributed by atoms with E-state index in [4.69, 9.17) is 14.2 Å². The number of amides is 1. The van der Waals surface area contributed by atoms with Gasteiger partial charge in [-0.2, -0.15) is 8.42 Å². The summed E-state index contributed by atoms with van der Waals surface area (Å²) >= 11 is 0. The second-order valence-corrected chi connectivity index (χ2v) is 8.81. The van der Waals surface area contributed by atoms with E-state index in [1.54, 1.807) is 30.3 Å². The molecule has 1 amide bonds. The zero-order valence-corrected chi connectivity index (χ0v) is 20.2. The number of hydrogen-bond donors (Lipinski definition) is 2. The molecule has 2 unspecified atom stereocenters. The minimum Gasteiger partial charge on any atom is -0.497 e. The third-order valence-electron chi connectivity index (χ3n) is 4.92. The lowest BCUT2D eigenvalue weighted by Gasteiger charge is -2.20. The molecular weight excluding hydrogens is 497 g/mol. The summed E-state index contributed by atoms with van der Waals surface area (Å²) < 4.78 is 48.6. The first-order valence-electron chi connectivity index (χ1n) is 10.3. The summed E-state index contributed by atoms with van der Waals surface area (Å²) in [4.78, 5) is 36.4. The van der Waals surface area contributed by atoms with E-state index in [0.29, 0.717) is 5.56 Å². The molecule has 0 bridgehead atoms. The quantitative estimate of drug-likeness (QED) is 0.311. The van der Waals surface area contributed by atoms with Crippen LogP contribution in [0.4, 0.5) is 10.4 Å². The zero-order chi connectivity index (χ0) is 25.3. The highest BCUT2D eigenvalue weighted by molar-refractivity contribution is 7.86. The predicted molar refractivity (Wildman–Crippen MR) is 131 cm³/mol. The molecule has 10 nitrogen and oxygen atoms in total. The van der Waals surface area contributed by atoms with Crippen LogP contribution in [0.1, 0.15) is 38.9 Å². The van der Waals surface area contributed by atoms with E-state index < -0.39 is 38.9 Å². The van der Waals surface area contributed by atoms with Crippen LogP contribution in [0.3, 0.4) is 0 Å². The Morgan fingerprint density at radius 3 is 2.22 bits per heavy atom. The summed E-state index contributed by atoms with van der Waals surface area (Å²) in [5.74, 6) is -2.42. The first-order valence-corrected chi connectivity index (χ1v) is 11.7. The maximum Gasteiger partial charge on any atom is 0.339 e. The molecule has 0 heterocycles. The van der Waals surface area contributed by atoms with Gasteiger partial charge >= 0.3 is 5.97 Å². The van der Waals surface area contributed by atoms with Gasteiger partial charge < -0.3 is 24.3 Å². The van der Waals surface area contributed by atoms with Crippen molar-refractivity contribution in [3.8, 4) is 5.75 Å². The van der Waals surface area contributed by atoms with Crippen LogP contribution in [0.15, 0.2) is 53.4 Å². The smallest absolute Gasteiger partial charge is 0.339 e. The highest BCUT2D eigenvalue weighted by Crippen LogP contribution is 2.27. The number of carbonyl (C=O) groups is 3. The van der Waals surface area contributed by atoms with Gasteiger partial charge in [0.05, 0.1) is 18.7 Å². The zero-order valence-electron chi connectivity index (χ0n) is 19.4. The molecule has 0 spiro atoms. The van der Waals surface area contributed by atoms with Crippen LogP contribution in [0.2, 0.25) is 0 Å². The van der Waals surface area contributed by atoms with Gasteiger partial charge in [0, 0.05) is 19.6 Å². The van der Waals surface area contributed by atoms with Crippen molar-refractivity contribution in [2.75, 3.05) is 26.1 Å². The number of hydrogen-bond acceptors (Lipinski definition) is 8. The Balaban J connectivity index is 0.00000612. The van der Waals surface area contributed by atoms with Gasteiger partial charge in [0.2, 0.25) is 5.91 Å². The summed E-state index contributed by atoms with van der Waals surface area (Å²) in [6.45, 7) is 0.985. The van der Waals surface area contributed by atoms with Gasteiger partial charge in [-0.05, 0) is 31.0 Å². The first-order chi connectivity index (χ1) is 16.1. The van der Waals surface area contributed by atoms with Crippen LogP contribution in [0.25, 0.3) is 0 Å². The summed E-state index contributed by atoms with van der Waals surface area (Å²) in [6, 6.07) is 12.3. The standard InChI is InChI=1S/C23H27NO9S.CH4.FH/c1-15(25)9-10-17(14-33-23(27)21(32-3)16-7-5-4-6-8-16)22(26)24-19-12-11-18(31-2)13-20(19)34(28,29)30;;/h4-8,11-13,17,21H,9-10,14H2,1-3H3,(H,24,26)(H,28,29,30);1H4;1H. The third-order valence-corrected chi connectivity index (χ3v) is 5.81. The molecule has 2 rings (SSSR count). The Labute approximate surface area is 210 Å². The van der Waals surface area contributed by atoms with E-state index in [-0.39, 0.29) is 48.8 Å². The number of anilines is 1. The third kappa shape index (κ3) is 9.36. The lowest BCUT2D eigenvalue weighted by molar-refractivity contribution is -0.157. The molecule has 36 heavy (non-hydrogen) atoms. The predicted octanol–water partition coefficient (Wildman–Crippen LogP) is 3.59. The maximum absolute atomic E-state index is 12.9. The second-order valence-electron chi connectivity index (χ2n) is 7.42. The van der Waals surface area contributed by atoms with E-state index in [1.807, 2.05) is 0 Å². The van der Waals surface area contributed by atoms with Crippen LogP contribution in [-0.4, -0.2) is 51.5 Å². The molecule has 2 aromatic rings. The molecule has 2 aromatic carbocycles. The van der Waals surface area contributed by atoms with Crippen molar-refractivity contribution in [2.45, 2.75) is 38.2 Å². The lowest BCUT2D eigenvalue weighted by Crippen LogP contribution is -2.30. The molecule has 0 aliphatic rings. The van der Waals surface area contributed by atoms with Crippen molar-refractivity contribution in [1.29, 1.82) is 0 Å². The van der Waals surface area contributed by atoms with Crippen molar-refractivity contribution in [3.63, 3.8) is 0 Å². The number of Topliss-reactive ketones (excluding diaryl/α,β-unsaturated/α-hetero) is 1. The van der Waals surface area contributed by atoms with Crippen molar-refractivity contribution >= 4 is 33.5 Å². The topological polar surface area (TPSA) is 145 Å². The van der Waals surface area contributed by atoms with Gasteiger partial charge in [0.15, 0.2) is 6.10 Å². The number of carbonyl (C=O) groups excluding carboxylic acids is 3. The molecule has 12 heteroatoms. The van der Waals surface area contributed by atoms with E-state index in [1.165, 1.54) is 33.3 Å². The van der Waals surface area contributed by atoms with Gasteiger partial charge in [-0.3, -0.25) is 14.1 Å². The largest absolute Gasteiger partial charge is 0.497 e. The number of benzene rings is 2. The molecule has 0 aliphatic carbocycles. The number of methoxy groups -OCH3 is 2. The second kappa shape index (κ2) is 14.9. The highest BCUT2D eigenvalue weighted by atomic mass is 32.2. The molecule has 0 fully saturated rings. The number of halogens is 1. The fourth-order valence-corrected chi connectivity index (χ4v) is 3.77. The Bertz CT molecular complexity index is 1120. The van der Waals surface area contributed by atoms with Crippen molar-refractivity contribution < 1.29 is 46.3 Å². The van der Waals surface area contributed by atoms with Crippen molar-refractivity contribution in [1.82, 2.24) is 0 Å². The average molecular weight is 530 g/mol. The minimum absolute atomic E-state index is 0. The summed E-state index contributed by atoms with van der Waals surface area (Å²) in [7, 11) is -2.02. The minimum atomic E-state index is -4.68. The monoisotopic (exact) mass is 529 g/mol. The number of ether oxygens (including phenoxy) is 3. The Morgan fingerprint density at radius 1 is 1.06 bits per heavy atom. The van der Waals surface area contributed by atoms with E-state index in [9.17, 15) is 27.4 Å². The molecule has 0 saturated heterocycles. The van der Waals surface area contributed by atoms with Crippen LogP contribution in [-0.2, 0) is 34.0 Å². The first kappa shape index (κ1) is 32.7. The van der Waals surface area contributed by atoms with Gasteiger partial charge in [-0.15, -0.1) is 0 Å². The van der Waals surface area contributed by atoms with E-state index >= 15 is 0 Å². The number of ketones is 1. The summed E-state index contributed by atoms with van der Waals surface area (Å²) in [6.07, 6.45) is -0.921. The maximum atomic E-state index is 12.9. The average Bonchev–Trinajstić information content (AvgIpc) is 2.79. The van der Waals surface area contributed by atoms with Gasteiger partial charge in [0.25, 0.3) is 10.1 Å². The highest BCUT2D eigenvalue weighted by Gasteiger charge is 2.27. The van der Waals surface area contributed by atoms with Crippen LogP contribution in [0.5, 0.6) is 5.75 Å². The van der Waals surface area contributed by atoms with Crippen molar-refractivity contribution in [3.05, 3.63) is 54.1 Å². The summed E-state index contributed by atoms with van der Waals surface area (Å²) in [5.41, 5.74) is 0.377. The number of esters is 1. The Morgan fingerprint density at radius 2 is 1.69 bits per heavy atom. The number of rotatable bonds is 12. The lowest BCUT2D eigenvalue weighted by atomic mass is 10.0. The Hall–Kier alpha value is -3.35. The normalized spacial score (nSPS) is 12.2. The fourth-order valence-electron chi connectivity index (χ4n) is 3.10. The molecule has 2 atom stereocenters. The Kier molecular flexibility index (Phi) is 13.5.